The molecule has 0 aliphatic rings. The van der Waals surface area contributed by atoms with E-state index >= 15 is 0 Å². The zero-order valence-corrected chi connectivity index (χ0v) is 13.8. The maximum Gasteiger partial charge on any atom is 0.205 e. The summed E-state index contributed by atoms with van der Waals surface area (Å²) in [5.41, 5.74) is 1.16. The molecule has 1 aromatic heterocycles. The molecular formula is C15H20ClN3OS. The lowest BCUT2D eigenvalue weighted by molar-refractivity contribution is 0.259. The molecule has 0 bridgehead atoms. The third kappa shape index (κ3) is 5.26. The summed E-state index contributed by atoms with van der Waals surface area (Å²) < 4.78 is 0. The van der Waals surface area contributed by atoms with Gasteiger partial charge in [-0.25, -0.2) is 0 Å². The SMILES string of the molecule is CC(C)CC(CO)Nc1nnc(Cc2ccc(Cl)cc2)s1. The Morgan fingerprint density at radius 3 is 2.57 bits per heavy atom. The molecule has 1 heterocycles. The third-order valence-electron chi connectivity index (χ3n) is 3.04. The van der Waals surface area contributed by atoms with Gasteiger partial charge in [0.25, 0.3) is 0 Å². The Hall–Kier alpha value is -1.17. The summed E-state index contributed by atoms with van der Waals surface area (Å²) in [6, 6.07) is 7.77. The molecule has 21 heavy (non-hydrogen) atoms. The summed E-state index contributed by atoms with van der Waals surface area (Å²) in [7, 11) is 0. The minimum Gasteiger partial charge on any atom is -0.394 e. The van der Waals surface area contributed by atoms with Crippen LogP contribution in [-0.4, -0.2) is 28.0 Å². The number of benzene rings is 1. The number of rotatable bonds is 7. The van der Waals surface area contributed by atoms with E-state index in [1.165, 1.54) is 11.3 Å². The molecule has 0 aliphatic heterocycles. The molecule has 4 nitrogen and oxygen atoms in total. The van der Waals surface area contributed by atoms with Crippen molar-refractivity contribution in [2.75, 3.05) is 11.9 Å². The lowest BCUT2D eigenvalue weighted by atomic mass is 10.1. The summed E-state index contributed by atoms with van der Waals surface area (Å²) in [5, 5.41) is 23.4. The normalized spacial score (nSPS) is 12.6. The molecule has 0 saturated heterocycles. The first-order valence-corrected chi connectivity index (χ1v) is 8.20. The van der Waals surface area contributed by atoms with Crippen molar-refractivity contribution >= 4 is 28.1 Å². The molecule has 1 unspecified atom stereocenters. The molecular weight excluding hydrogens is 306 g/mol. The molecule has 2 aromatic rings. The lowest BCUT2D eigenvalue weighted by Gasteiger charge is -2.16. The maximum atomic E-state index is 9.39. The van der Waals surface area contributed by atoms with Crippen LogP contribution in [0.3, 0.4) is 0 Å². The predicted octanol–water partition coefficient (Wildman–Crippen LogP) is 3.60. The zero-order chi connectivity index (χ0) is 15.2. The molecule has 0 aliphatic carbocycles. The molecule has 0 amide bonds. The Kier molecular flexibility index (Phi) is 5.96. The van der Waals surface area contributed by atoms with Crippen LogP contribution in [0.25, 0.3) is 0 Å². The average Bonchev–Trinajstić information content (AvgIpc) is 2.87. The number of halogens is 1. The molecule has 6 heteroatoms. The van der Waals surface area contributed by atoms with Crippen LogP contribution in [0.2, 0.25) is 5.02 Å². The summed E-state index contributed by atoms with van der Waals surface area (Å²) in [6.07, 6.45) is 1.65. The van der Waals surface area contributed by atoms with Gasteiger partial charge in [0, 0.05) is 11.4 Å². The first kappa shape index (κ1) is 16.2. The van der Waals surface area contributed by atoms with E-state index in [0.717, 1.165) is 33.6 Å². The molecule has 1 aromatic carbocycles. The van der Waals surface area contributed by atoms with Gasteiger partial charge >= 0.3 is 0 Å². The van der Waals surface area contributed by atoms with Crippen LogP contribution in [0.4, 0.5) is 5.13 Å². The molecule has 2 N–H and O–H groups in total. The zero-order valence-electron chi connectivity index (χ0n) is 12.2. The Bertz CT molecular complexity index is 556. The van der Waals surface area contributed by atoms with Crippen LogP contribution in [0.15, 0.2) is 24.3 Å². The average molecular weight is 326 g/mol. The maximum absolute atomic E-state index is 9.39. The van der Waals surface area contributed by atoms with Crippen molar-refractivity contribution in [2.24, 2.45) is 5.92 Å². The van der Waals surface area contributed by atoms with Gasteiger partial charge in [-0.2, -0.15) is 0 Å². The smallest absolute Gasteiger partial charge is 0.205 e. The van der Waals surface area contributed by atoms with E-state index in [1.807, 2.05) is 24.3 Å². The second-order valence-electron chi connectivity index (χ2n) is 5.46. The van der Waals surface area contributed by atoms with E-state index < -0.39 is 0 Å². The van der Waals surface area contributed by atoms with Crippen LogP contribution in [0.1, 0.15) is 30.8 Å². The van der Waals surface area contributed by atoms with Crippen molar-refractivity contribution in [3.8, 4) is 0 Å². The highest BCUT2D eigenvalue weighted by Gasteiger charge is 2.12. The van der Waals surface area contributed by atoms with Crippen LogP contribution < -0.4 is 5.32 Å². The van der Waals surface area contributed by atoms with E-state index in [2.05, 4.69) is 29.4 Å². The third-order valence-corrected chi connectivity index (χ3v) is 4.15. The van der Waals surface area contributed by atoms with E-state index in [1.54, 1.807) is 0 Å². The summed E-state index contributed by atoms with van der Waals surface area (Å²) in [4.78, 5) is 0. The van der Waals surface area contributed by atoms with Crippen molar-refractivity contribution in [1.82, 2.24) is 10.2 Å². The van der Waals surface area contributed by atoms with Gasteiger partial charge in [0.15, 0.2) is 0 Å². The Labute approximate surface area is 134 Å². The topological polar surface area (TPSA) is 58.0 Å². The minimum absolute atomic E-state index is 0.0290. The number of aliphatic hydroxyl groups excluding tert-OH is 1. The van der Waals surface area contributed by atoms with E-state index in [9.17, 15) is 5.11 Å². The highest BCUT2D eigenvalue weighted by atomic mass is 35.5. The number of aliphatic hydroxyl groups is 1. The number of nitrogens with one attached hydrogen (secondary N) is 1. The fraction of sp³-hybridized carbons (Fsp3) is 0.467. The fourth-order valence-corrected chi connectivity index (χ4v) is 3.06. The van der Waals surface area contributed by atoms with Gasteiger partial charge in [0.2, 0.25) is 5.13 Å². The van der Waals surface area contributed by atoms with Crippen LogP contribution in [0.5, 0.6) is 0 Å². The van der Waals surface area contributed by atoms with Crippen molar-refractivity contribution in [2.45, 2.75) is 32.7 Å². The Balaban J connectivity index is 1.95. The van der Waals surface area contributed by atoms with Crippen LogP contribution >= 0.6 is 22.9 Å². The number of nitrogens with zero attached hydrogens (tertiary/aromatic N) is 2. The molecule has 0 saturated carbocycles. The molecule has 2 rings (SSSR count). The Morgan fingerprint density at radius 2 is 1.95 bits per heavy atom. The summed E-state index contributed by atoms with van der Waals surface area (Å²) >= 11 is 7.40. The van der Waals surface area contributed by atoms with Crippen LogP contribution in [0, 0.1) is 5.92 Å². The molecule has 0 fully saturated rings. The van der Waals surface area contributed by atoms with Gasteiger partial charge in [-0.05, 0) is 30.0 Å². The molecule has 114 valence electrons. The van der Waals surface area contributed by atoms with Gasteiger partial charge < -0.3 is 10.4 Å². The van der Waals surface area contributed by atoms with Gasteiger partial charge in [-0.15, -0.1) is 10.2 Å². The van der Waals surface area contributed by atoms with Gasteiger partial charge in [0.1, 0.15) is 5.01 Å². The number of hydrogen-bond donors (Lipinski definition) is 2. The van der Waals surface area contributed by atoms with E-state index in [-0.39, 0.29) is 12.6 Å². The summed E-state index contributed by atoms with van der Waals surface area (Å²) in [6.45, 7) is 4.37. The highest BCUT2D eigenvalue weighted by Crippen LogP contribution is 2.21. The Morgan fingerprint density at radius 1 is 1.24 bits per heavy atom. The van der Waals surface area contributed by atoms with Gasteiger partial charge in [0.05, 0.1) is 12.6 Å². The highest BCUT2D eigenvalue weighted by molar-refractivity contribution is 7.15. The number of anilines is 1. The monoisotopic (exact) mass is 325 g/mol. The largest absolute Gasteiger partial charge is 0.394 e. The fourth-order valence-electron chi connectivity index (χ4n) is 2.08. The lowest BCUT2D eigenvalue weighted by Crippen LogP contribution is -2.25. The van der Waals surface area contributed by atoms with E-state index in [0.29, 0.717) is 5.92 Å². The number of hydrogen-bond acceptors (Lipinski definition) is 5. The molecule has 0 radical (unpaired) electrons. The van der Waals surface area contributed by atoms with Gasteiger partial charge in [-0.3, -0.25) is 0 Å². The summed E-state index contributed by atoms with van der Waals surface area (Å²) in [5.74, 6) is 0.524. The number of aromatic nitrogens is 2. The second-order valence-corrected chi connectivity index (χ2v) is 6.96. The second kappa shape index (κ2) is 7.73. The van der Waals surface area contributed by atoms with Crippen molar-refractivity contribution in [3.05, 3.63) is 39.9 Å². The first-order chi connectivity index (χ1) is 10.1. The molecule has 0 spiro atoms. The van der Waals surface area contributed by atoms with Crippen LogP contribution in [-0.2, 0) is 6.42 Å². The molecule has 1 atom stereocenters. The standard InChI is InChI=1S/C15H20ClN3OS/c1-10(2)7-13(9-20)17-15-19-18-14(21-15)8-11-3-5-12(16)6-4-11/h3-6,10,13,20H,7-9H2,1-2H3,(H,17,19). The van der Waals surface area contributed by atoms with Crippen molar-refractivity contribution in [3.63, 3.8) is 0 Å². The van der Waals surface area contributed by atoms with E-state index in [4.69, 9.17) is 11.6 Å². The predicted molar refractivity (Wildman–Crippen MR) is 88.1 cm³/mol. The van der Waals surface area contributed by atoms with Crippen molar-refractivity contribution in [1.29, 1.82) is 0 Å². The van der Waals surface area contributed by atoms with Crippen molar-refractivity contribution < 1.29 is 5.11 Å². The first-order valence-electron chi connectivity index (χ1n) is 7.01. The minimum atomic E-state index is 0.0290. The quantitative estimate of drug-likeness (QED) is 0.816. The van der Waals surface area contributed by atoms with Gasteiger partial charge in [-0.1, -0.05) is 48.9 Å².